The second-order valence-corrected chi connectivity index (χ2v) is 9.47. The molecule has 0 amide bonds. The van der Waals surface area contributed by atoms with E-state index in [9.17, 15) is 13.2 Å². The number of nitrogens with one attached hydrogen (secondary N) is 1. The molecule has 6 nitrogen and oxygen atoms in total. The zero-order valence-corrected chi connectivity index (χ0v) is 15.3. The summed E-state index contributed by atoms with van der Waals surface area (Å²) in [6.07, 6.45) is 8.68. The lowest BCUT2D eigenvalue weighted by Gasteiger charge is -2.39. The monoisotopic (exact) mass is 359 g/mol. The number of methoxy groups -OCH3 is 1. The van der Waals surface area contributed by atoms with Crippen LogP contribution in [0.1, 0.15) is 64.2 Å². The van der Waals surface area contributed by atoms with Gasteiger partial charge in [0, 0.05) is 12.6 Å². The van der Waals surface area contributed by atoms with E-state index < -0.39 is 27.2 Å². The van der Waals surface area contributed by atoms with Gasteiger partial charge in [-0.1, -0.05) is 25.7 Å². The van der Waals surface area contributed by atoms with Crippen LogP contribution in [-0.4, -0.2) is 45.0 Å². The molecule has 1 N–H and O–H groups in total. The smallest absolute Gasteiger partial charge is 0.310 e. The summed E-state index contributed by atoms with van der Waals surface area (Å²) in [6.45, 7) is 0.609. The van der Waals surface area contributed by atoms with Gasteiger partial charge in [-0.2, -0.15) is 0 Å². The van der Waals surface area contributed by atoms with Crippen LogP contribution in [0.25, 0.3) is 0 Å². The average molecular weight is 359 g/mol. The molecule has 0 aromatic heterocycles. The minimum atomic E-state index is -3.54. The summed E-state index contributed by atoms with van der Waals surface area (Å²) in [5.74, 6) is -0.939. The van der Waals surface area contributed by atoms with Crippen LogP contribution in [0, 0.1) is 5.92 Å². The number of ether oxygens (including phenoxy) is 2. The topological polar surface area (TPSA) is 81.7 Å². The Morgan fingerprint density at radius 1 is 1.12 bits per heavy atom. The Labute approximate surface area is 144 Å². The number of esters is 1. The molecule has 2 aliphatic carbocycles. The predicted molar refractivity (Wildman–Crippen MR) is 90.0 cm³/mol. The fourth-order valence-corrected chi connectivity index (χ4v) is 6.70. The summed E-state index contributed by atoms with van der Waals surface area (Å²) in [7, 11) is -2.21. The van der Waals surface area contributed by atoms with E-state index in [1.165, 1.54) is 7.11 Å². The first kappa shape index (κ1) is 18.1. The molecule has 2 saturated carbocycles. The molecule has 138 valence electrons. The van der Waals surface area contributed by atoms with Crippen molar-refractivity contribution in [1.29, 1.82) is 0 Å². The minimum absolute atomic E-state index is 0.0814. The van der Waals surface area contributed by atoms with Crippen molar-refractivity contribution in [3.63, 3.8) is 0 Å². The Kier molecular flexibility index (Phi) is 5.52. The third-order valence-electron chi connectivity index (χ3n) is 5.94. The van der Waals surface area contributed by atoms with Gasteiger partial charge < -0.3 is 9.47 Å². The normalized spacial score (nSPS) is 33.5. The molecule has 0 radical (unpaired) electrons. The molecule has 24 heavy (non-hydrogen) atoms. The van der Waals surface area contributed by atoms with E-state index in [0.29, 0.717) is 25.9 Å². The SMILES string of the molecule is COC(=O)C1CCCCC1S(=O)(=O)NC1CCOC2(CCCC2)C1. The highest BCUT2D eigenvalue weighted by atomic mass is 32.2. The van der Waals surface area contributed by atoms with Crippen molar-refractivity contribution in [3.8, 4) is 0 Å². The molecule has 1 heterocycles. The average Bonchev–Trinajstić information content (AvgIpc) is 3.01. The molecular formula is C17H29NO5S. The fraction of sp³-hybridized carbons (Fsp3) is 0.941. The quantitative estimate of drug-likeness (QED) is 0.778. The van der Waals surface area contributed by atoms with Crippen molar-refractivity contribution in [1.82, 2.24) is 4.72 Å². The highest BCUT2D eigenvalue weighted by molar-refractivity contribution is 7.90. The predicted octanol–water partition coefficient (Wildman–Crippen LogP) is 2.13. The van der Waals surface area contributed by atoms with Crippen LogP contribution >= 0.6 is 0 Å². The standard InChI is InChI=1S/C17H29NO5S/c1-22-16(19)14-6-2-3-7-15(14)24(20,21)18-13-8-11-23-17(12-13)9-4-5-10-17/h13-15,18H,2-12H2,1H3. The first-order chi connectivity index (χ1) is 11.5. The Balaban J connectivity index is 1.69. The van der Waals surface area contributed by atoms with E-state index in [2.05, 4.69) is 4.72 Å². The maximum absolute atomic E-state index is 12.9. The van der Waals surface area contributed by atoms with Crippen molar-refractivity contribution in [2.75, 3.05) is 13.7 Å². The molecule has 0 aromatic rings. The lowest BCUT2D eigenvalue weighted by Crippen LogP contribution is -2.51. The van der Waals surface area contributed by atoms with Crippen LogP contribution in [0.3, 0.4) is 0 Å². The van der Waals surface area contributed by atoms with Crippen molar-refractivity contribution in [3.05, 3.63) is 0 Å². The molecule has 3 atom stereocenters. The fourth-order valence-electron chi connectivity index (χ4n) is 4.71. The van der Waals surface area contributed by atoms with Crippen molar-refractivity contribution in [2.45, 2.75) is 81.1 Å². The lowest BCUT2D eigenvalue weighted by atomic mass is 9.89. The first-order valence-electron chi connectivity index (χ1n) is 9.19. The zero-order valence-electron chi connectivity index (χ0n) is 14.5. The lowest BCUT2D eigenvalue weighted by molar-refractivity contribution is -0.146. The molecule has 3 unspecified atom stereocenters. The molecule has 0 aromatic carbocycles. The summed E-state index contributed by atoms with van der Waals surface area (Å²) in [4.78, 5) is 12.0. The zero-order chi connectivity index (χ0) is 17.2. The van der Waals surface area contributed by atoms with Gasteiger partial charge >= 0.3 is 5.97 Å². The molecule has 1 saturated heterocycles. The molecule has 0 bridgehead atoms. The number of hydrogen-bond acceptors (Lipinski definition) is 5. The van der Waals surface area contributed by atoms with Crippen molar-refractivity contribution >= 4 is 16.0 Å². The number of carbonyl (C=O) groups excluding carboxylic acids is 1. The van der Waals surface area contributed by atoms with Crippen LogP contribution in [0.4, 0.5) is 0 Å². The maximum Gasteiger partial charge on any atom is 0.310 e. The van der Waals surface area contributed by atoms with Gasteiger partial charge in [0.05, 0.1) is 23.9 Å². The maximum atomic E-state index is 12.9. The van der Waals surface area contributed by atoms with Crippen LogP contribution in [0.2, 0.25) is 0 Å². The molecule has 1 aliphatic heterocycles. The third-order valence-corrected chi connectivity index (χ3v) is 7.97. The summed E-state index contributed by atoms with van der Waals surface area (Å²) >= 11 is 0. The molecule has 3 aliphatic rings. The molecule has 3 rings (SSSR count). The highest BCUT2D eigenvalue weighted by Gasteiger charge is 2.44. The van der Waals surface area contributed by atoms with Crippen LogP contribution in [0.15, 0.2) is 0 Å². The van der Waals surface area contributed by atoms with Gasteiger partial charge in [0.2, 0.25) is 10.0 Å². The van der Waals surface area contributed by atoms with E-state index >= 15 is 0 Å². The van der Waals surface area contributed by atoms with E-state index in [0.717, 1.165) is 44.9 Å². The van der Waals surface area contributed by atoms with Gasteiger partial charge in [0.1, 0.15) is 0 Å². The molecular weight excluding hydrogens is 330 g/mol. The van der Waals surface area contributed by atoms with Gasteiger partial charge in [-0.15, -0.1) is 0 Å². The highest BCUT2D eigenvalue weighted by Crippen LogP contribution is 2.40. The Hall–Kier alpha value is -0.660. The van der Waals surface area contributed by atoms with Crippen LogP contribution in [-0.2, 0) is 24.3 Å². The Bertz CT molecular complexity index is 555. The van der Waals surface area contributed by atoms with Crippen LogP contribution < -0.4 is 4.72 Å². The third kappa shape index (κ3) is 3.78. The summed E-state index contributed by atoms with van der Waals surface area (Å²) < 4.78 is 39.6. The molecule has 7 heteroatoms. The minimum Gasteiger partial charge on any atom is -0.469 e. The van der Waals surface area contributed by atoms with Gasteiger partial charge in [0.25, 0.3) is 0 Å². The summed E-state index contributed by atoms with van der Waals surface area (Å²) in [5.41, 5.74) is -0.125. The first-order valence-corrected chi connectivity index (χ1v) is 10.7. The van der Waals surface area contributed by atoms with E-state index in [1.54, 1.807) is 0 Å². The van der Waals surface area contributed by atoms with E-state index in [4.69, 9.17) is 9.47 Å². The van der Waals surface area contributed by atoms with Gasteiger partial charge in [-0.25, -0.2) is 13.1 Å². The summed E-state index contributed by atoms with van der Waals surface area (Å²) in [5, 5.41) is -0.666. The van der Waals surface area contributed by atoms with Crippen molar-refractivity contribution in [2.24, 2.45) is 5.92 Å². The van der Waals surface area contributed by atoms with Crippen molar-refractivity contribution < 1.29 is 22.7 Å². The molecule has 3 fully saturated rings. The number of rotatable bonds is 4. The largest absolute Gasteiger partial charge is 0.469 e. The van der Waals surface area contributed by atoms with E-state index in [-0.39, 0.29) is 11.6 Å². The number of carbonyl (C=O) groups is 1. The second-order valence-electron chi connectivity index (χ2n) is 7.54. The van der Waals surface area contributed by atoms with Gasteiger partial charge in [-0.3, -0.25) is 4.79 Å². The Morgan fingerprint density at radius 2 is 1.83 bits per heavy atom. The molecule has 1 spiro atoms. The number of hydrogen-bond donors (Lipinski definition) is 1. The van der Waals surface area contributed by atoms with Gasteiger partial charge in [0.15, 0.2) is 0 Å². The second kappa shape index (κ2) is 7.30. The van der Waals surface area contributed by atoms with Gasteiger partial charge in [-0.05, 0) is 38.5 Å². The Morgan fingerprint density at radius 3 is 2.54 bits per heavy atom. The summed E-state index contributed by atoms with van der Waals surface area (Å²) in [6, 6.07) is -0.0814. The number of sulfonamides is 1. The van der Waals surface area contributed by atoms with Crippen LogP contribution in [0.5, 0.6) is 0 Å². The van der Waals surface area contributed by atoms with E-state index in [1.807, 2.05) is 0 Å².